The summed E-state index contributed by atoms with van der Waals surface area (Å²) in [6, 6.07) is 0.409. The fraction of sp³-hybridized carbons (Fsp3) is 0.882. The molecule has 2 aliphatic rings. The Labute approximate surface area is 134 Å². The molecule has 0 aromatic rings. The van der Waals surface area contributed by atoms with Gasteiger partial charge in [-0.3, -0.25) is 4.79 Å². The van der Waals surface area contributed by atoms with Crippen molar-refractivity contribution in [3.63, 3.8) is 0 Å². The Morgan fingerprint density at radius 1 is 1.18 bits per heavy atom. The zero-order chi connectivity index (χ0) is 15.9. The normalized spacial score (nSPS) is 25.7. The second-order valence-corrected chi connectivity index (χ2v) is 7.02. The van der Waals surface area contributed by atoms with Gasteiger partial charge in [-0.2, -0.15) is 0 Å². The van der Waals surface area contributed by atoms with E-state index in [1.165, 1.54) is 25.7 Å². The highest BCUT2D eigenvalue weighted by Gasteiger charge is 2.23. The van der Waals surface area contributed by atoms with Crippen LogP contribution in [-0.4, -0.2) is 49.5 Å². The number of carbonyl (C=O) groups is 1. The van der Waals surface area contributed by atoms with E-state index < -0.39 is 0 Å². The van der Waals surface area contributed by atoms with Crippen molar-refractivity contribution in [1.82, 2.24) is 15.5 Å². The van der Waals surface area contributed by atoms with Gasteiger partial charge in [0.2, 0.25) is 5.91 Å². The summed E-state index contributed by atoms with van der Waals surface area (Å²) in [7, 11) is 2.08. The number of nitrogens with zero attached hydrogens (tertiary/aromatic N) is 2. The maximum Gasteiger partial charge on any atom is 0.242 e. The van der Waals surface area contributed by atoms with Gasteiger partial charge in [-0.25, -0.2) is 4.99 Å². The van der Waals surface area contributed by atoms with Crippen LogP contribution in [-0.2, 0) is 4.79 Å². The van der Waals surface area contributed by atoms with Crippen LogP contribution in [0.25, 0.3) is 0 Å². The minimum atomic E-state index is 0.0396. The lowest BCUT2D eigenvalue weighted by atomic mass is 9.83. The minimum Gasteiger partial charge on any atom is -0.357 e. The smallest absolute Gasteiger partial charge is 0.242 e. The van der Waals surface area contributed by atoms with E-state index in [-0.39, 0.29) is 12.5 Å². The number of guanidine groups is 1. The second kappa shape index (κ2) is 8.39. The molecule has 0 aromatic heterocycles. The summed E-state index contributed by atoms with van der Waals surface area (Å²) in [6.45, 7) is 6.50. The third-order valence-corrected chi connectivity index (χ3v) is 4.68. The standard InChI is InChI=1S/C17H32N4O/c1-4-18-17(19-11-16(22)20-15-9-10-15)21(3)12-14-7-5-13(2)6-8-14/h13-15H,4-12H2,1-3H3,(H,18,19)(H,20,22). The van der Waals surface area contributed by atoms with Crippen molar-refractivity contribution in [3.05, 3.63) is 0 Å². The number of nitrogens with one attached hydrogen (secondary N) is 2. The Hall–Kier alpha value is -1.26. The predicted molar refractivity (Wildman–Crippen MR) is 90.9 cm³/mol. The quantitative estimate of drug-likeness (QED) is 0.583. The highest BCUT2D eigenvalue weighted by molar-refractivity contribution is 5.85. The lowest BCUT2D eigenvalue weighted by Gasteiger charge is -2.31. The number of hydrogen-bond donors (Lipinski definition) is 2. The molecule has 2 N–H and O–H groups in total. The van der Waals surface area contributed by atoms with Crippen LogP contribution < -0.4 is 10.6 Å². The van der Waals surface area contributed by atoms with Crippen LogP contribution in [0.15, 0.2) is 4.99 Å². The van der Waals surface area contributed by atoms with Crippen LogP contribution in [0.2, 0.25) is 0 Å². The average molecular weight is 308 g/mol. The molecule has 0 radical (unpaired) electrons. The number of carbonyl (C=O) groups excluding carboxylic acids is 1. The molecule has 1 amide bonds. The molecule has 2 saturated carbocycles. The zero-order valence-electron chi connectivity index (χ0n) is 14.4. The largest absolute Gasteiger partial charge is 0.357 e. The molecule has 0 saturated heterocycles. The van der Waals surface area contributed by atoms with Crippen LogP contribution >= 0.6 is 0 Å². The van der Waals surface area contributed by atoms with Gasteiger partial charge in [0.15, 0.2) is 5.96 Å². The second-order valence-electron chi connectivity index (χ2n) is 7.02. The van der Waals surface area contributed by atoms with Crippen molar-refractivity contribution in [3.8, 4) is 0 Å². The predicted octanol–water partition coefficient (Wildman–Crippen LogP) is 1.99. The van der Waals surface area contributed by atoms with E-state index in [9.17, 15) is 4.79 Å². The molecule has 22 heavy (non-hydrogen) atoms. The van der Waals surface area contributed by atoms with Gasteiger partial charge in [-0.15, -0.1) is 0 Å². The van der Waals surface area contributed by atoms with Crippen LogP contribution in [0.3, 0.4) is 0 Å². The molecule has 5 nitrogen and oxygen atoms in total. The summed E-state index contributed by atoms with van der Waals surface area (Å²) in [4.78, 5) is 18.5. The van der Waals surface area contributed by atoms with Gasteiger partial charge >= 0.3 is 0 Å². The molecule has 0 bridgehead atoms. The fourth-order valence-electron chi connectivity index (χ4n) is 3.10. The Morgan fingerprint density at radius 2 is 1.86 bits per heavy atom. The highest BCUT2D eigenvalue weighted by Crippen LogP contribution is 2.28. The molecule has 2 aliphatic carbocycles. The molecule has 0 aromatic carbocycles. The zero-order valence-corrected chi connectivity index (χ0v) is 14.4. The van der Waals surface area contributed by atoms with Gasteiger partial charge < -0.3 is 15.5 Å². The molecule has 0 aliphatic heterocycles. The van der Waals surface area contributed by atoms with Crippen molar-refractivity contribution >= 4 is 11.9 Å². The Kier molecular flexibility index (Phi) is 6.52. The summed E-state index contributed by atoms with van der Waals surface area (Å²) < 4.78 is 0. The number of amides is 1. The van der Waals surface area contributed by atoms with Gasteiger partial charge in [-0.1, -0.05) is 19.8 Å². The molecule has 0 atom stereocenters. The summed E-state index contributed by atoms with van der Waals surface area (Å²) >= 11 is 0. The Balaban J connectivity index is 1.80. The van der Waals surface area contributed by atoms with Crippen molar-refractivity contribution in [2.24, 2.45) is 16.8 Å². The maximum atomic E-state index is 11.8. The van der Waals surface area contributed by atoms with Crippen molar-refractivity contribution in [2.75, 3.05) is 26.7 Å². The molecular weight excluding hydrogens is 276 g/mol. The van der Waals surface area contributed by atoms with Crippen LogP contribution in [0.1, 0.15) is 52.4 Å². The lowest BCUT2D eigenvalue weighted by Crippen LogP contribution is -2.42. The van der Waals surface area contributed by atoms with Crippen LogP contribution in [0.4, 0.5) is 0 Å². The maximum absolute atomic E-state index is 11.8. The van der Waals surface area contributed by atoms with E-state index in [0.29, 0.717) is 6.04 Å². The van der Waals surface area contributed by atoms with E-state index in [2.05, 4.69) is 41.4 Å². The number of hydrogen-bond acceptors (Lipinski definition) is 2. The van der Waals surface area contributed by atoms with Gasteiger partial charge in [0.25, 0.3) is 0 Å². The van der Waals surface area contributed by atoms with Crippen LogP contribution in [0, 0.1) is 11.8 Å². The van der Waals surface area contributed by atoms with Gasteiger partial charge in [-0.05, 0) is 44.4 Å². The topological polar surface area (TPSA) is 56.7 Å². The van der Waals surface area contributed by atoms with Gasteiger partial charge in [0, 0.05) is 26.2 Å². The molecule has 126 valence electrons. The third-order valence-electron chi connectivity index (χ3n) is 4.68. The Bertz CT molecular complexity index is 384. The molecule has 0 heterocycles. The van der Waals surface area contributed by atoms with E-state index in [1.54, 1.807) is 0 Å². The van der Waals surface area contributed by atoms with Crippen molar-refractivity contribution in [2.45, 2.75) is 58.4 Å². The summed E-state index contributed by atoms with van der Waals surface area (Å²) in [5.41, 5.74) is 0. The highest BCUT2D eigenvalue weighted by atomic mass is 16.2. The van der Waals surface area contributed by atoms with Gasteiger partial charge in [0.05, 0.1) is 0 Å². The first-order valence-corrected chi connectivity index (χ1v) is 8.87. The SMILES string of the molecule is CCNC(=NCC(=O)NC1CC1)N(C)CC1CCC(C)CC1. The van der Waals surface area contributed by atoms with E-state index in [1.807, 2.05) is 0 Å². The van der Waals surface area contributed by atoms with E-state index in [4.69, 9.17) is 0 Å². The monoisotopic (exact) mass is 308 g/mol. The summed E-state index contributed by atoms with van der Waals surface area (Å²) in [5, 5.41) is 6.29. The molecular formula is C17H32N4O. The molecule has 0 spiro atoms. The first-order valence-electron chi connectivity index (χ1n) is 8.87. The van der Waals surface area contributed by atoms with Crippen molar-refractivity contribution < 1.29 is 4.79 Å². The first kappa shape index (κ1) is 17.1. The molecule has 2 fully saturated rings. The minimum absolute atomic E-state index is 0.0396. The van der Waals surface area contributed by atoms with E-state index >= 15 is 0 Å². The Morgan fingerprint density at radius 3 is 2.45 bits per heavy atom. The molecule has 2 rings (SSSR count). The fourth-order valence-corrected chi connectivity index (χ4v) is 3.10. The lowest BCUT2D eigenvalue weighted by molar-refractivity contribution is -0.119. The summed E-state index contributed by atoms with van der Waals surface area (Å²) in [5.74, 6) is 2.53. The van der Waals surface area contributed by atoms with E-state index in [0.717, 1.165) is 43.7 Å². The third kappa shape index (κ3) is 5.85. The van der Waals surface area contributed by atoms with Crippen molar-refractivity contribution in [1.29, 1.82) is 0 Å². The molecule has 5 heteroatoms. The van der Waals surface area contributed by atoms with Gasteiger partial charge in [0.1, 0.15) is 6.54 Å². The summed E-state index contributed by atoms with van der Waals surface area (Å²) in [6.07, 6.45) is 7.55. The number of rotatable bonds is 6. The molecule has 0 unspecified atom stereocenters. The number of aliphatic imine (C=N–C) groups is 1. The van der Waals surface area contributed by atoms with Crippen LogP contribution in [0.5, 0.6) is 0 Å². The average Bonchev–Trinajstić information content (AvgIpc) is 3.29. The first-order chi connectivity index (χ1) is 10.6.